The molecule has 1 atom stereocenters. The summed E-state index contributed by atoms with van der Waals surface area (Å²) < 4.78 is 18.2. The van der Waals surface area contributed by atoms with Crippen molar-refractivity contribution >= 4 is 5.91 Å². The van der Waals surface area contributed by atoms with Crippen LogP contribution in [0.4, 0.5) is 0 Å². The first kappa shape index (κ1) is 18.7. The largest absolute Gasteiger partial charge is 0.459 e. The lowest BCUT2D eigenvalue weighted by molar-refractivity contribution is 0.0909. The number of rotatable bonds is 5. The normalized spacial score (nSPS) is 16.7. The van der Waals surface area contributed by atoms with Crippen LogP contribution in [-0.4, -0.2) is 45.5 Å². The molecule has 0 spiro atoms. The number of nitrogens with zero attached hydrogens (tertiary/aromatic N) is 4. The number of hydrogen-bond acceptors (Lipinski definition) is 7. The minimum absolute atomic E-state index is 0.261. The fourth-order valence-corrected chi connectivity index (χ4v) is 3.91. The monoisotopic (exact) mass is 409 g/mol. The molecule has 0 aliphatic carbocycles. The molecule has 3 aromatic rings. The van der Waals surface area contributed by atoms with Gasteiger partial charge in [-0.05, 0) is 36.8 Å². The molecule has 0 unspecified atom stereocenters. The summed E-state index contributed by atoms with van der Waals surface area (Å²) in [5.41, 5.74) is 1.19. The van der Waals surface area contributed by atoms with Gasteiger partial charge in [-0.3, -0.25) is 9.69 Å². The maximum absolute atomic E-state index is 12.3. The summed E-state index contributed by atoms with van der Waals surface area (Å²) >= 11 is 0. The summed E-state index contributed by atoms with van der Waals surface area (Å²) in [5, 5.41) is 11.6. The number of fused-ring (bicyclic) bond motifs is 2. The summed E-state index contributed by atoms with van der Waals surface area (Å²) in [6, 6.07) is 9.15. The van der Waals surface area contributed by atoms with Crippen molar-refractivity contribution in [3.05, 3.63) is 59.6 Å². The van der Waals surface area contributed by atoms with Crippen LogP contribution in [0.2, 0.25) is 0 Å². The average molecular weight is 409 g/mol. The fourth-order valence-electron chi connectivity index (χ4n) is 3.91. The molecule has 0 bridgehead atoms. The molecule has 30 heavy (non-hydrogen) atoms. The first-order chi connectivity index (χ1) is 14.7. The third-order valence-corrected chi connectivity index (χ3v) is 5.47. The van der Waals surface area contributed by atoms with E-state index in [1.807, 2.05) is 19.1 Å². The second-order valence-corrected chi connectivity index (χ2v) is 7.51. The van der Waals surface area contributed by atoms with Gasteiger partial charge in [-0.1, -0.05) is 6.07 Å². The van der Waals surface area contributed by atoms with Crippen molar-refractivity contribution < 1.29 is 18.7 Å². The van der Waals surface area contributed by atoms with Gasteiger partial charge in [0.2, 0.25) is 6.79 Å². The molecular formula is C21H23N5O4. The number of carbonyl (C=O) groups is 1. The number of amides is 1. The summed E-state index contributed by atoms with van der Waals surface area (Å²) in [6.45, 7) is 5.55. The number of furan rings is 1. The van der Waals surface area contributed by atoms with Crippen LogP contribution in [0, 0.1) is 0 Å². The molecule has 0 fully saturated rings. The molecule has 0 radical (unpaired) electrons. The highest BCUT2D eigenvalue weighted by molar-refractivity contribution is 5.91. The third-order valence-electron chi connectivity index (χ3n) is 5.47. The second kappa shape index (κ2) is 7.83. The molecular weight excluding hydrogens is 386 g/mol. The highest BCUT2D eigenvalue weighted by Gasteiger charge is 2.24. The van der Waals surface area contributed by atoms with Crippen molar-refractivity contribution in [3.8, 4) is 11.5 Å². The first-order valence-corrected chi connectivity index (χ1v) is 10.0. The van der Waals surface area contributed by atoms with Crippen LogP contribution in [-0.2, 0) is 19.5 Å². The van der Waals surface area contributed by atoms with Gasteiger partial charge in [0.1, 0.15) is 5.82 Å². The van der Waals surface area contributed by atoms with Crippen molar-refractivity contribution in [3.63, 3.8) is 0 Å². The zero-order valence-electron chi connectivity index (χ0n) is 16.7. The zero-order chi connectivity index (χ0) is 20.5. The molecule has 1 N–H and O–H groups in total. The van der Waals surface area contributed by atoms with Crippen LogP contribution < -0.4 is 14.8 Å². The molecule has 2 aliphatic rings. The number of nitrogens with one attached hydrogen (secondary N) is 1. The van der Waals surface area contributed by atoms with Crippen molar-refractivity contribution in [1.82, 2.24) is 25.0 Å². The highest BCUT2D eigenvalue weighted by Crippen LogP contribution is 2.33. The van der Waals surface area contributed by atoms with Crippen LogP contribution in [0.5, 0.6) is 11.5 Å². The van der Waals surface area contributed by atoms with E-state index in [2.05, 4.69) is 31.0 Å². The van der Waals surface area contributed by atoms with E-state index in [4.69, 9.17) is 13.9 Å². The van der Waals surface area contributed by atoms with Gasteiger partial charge in [-0.2, -0.15) is 0 Å². The van der Waals surface area contributed by atoms with Gasteiger partial charge in [-0.25, -0.2) is 0 Å². The number of benzene rings is 1. The predicted octanol–water partition coefficient (Wildman–Crippen LogP) is 2.15. The van der Waals surface area contributed by atoms with Crippen molar-refractivity contribution in [2.45, 2.75) is 32.5 Å². The molecule has 0 saturated carbocycles. The molecule has 9 heteroatoms. The SMILES string of the molecule is C[C@@H](NC(=O)c1ccco1)c1nnc2n1CCN(Cc1ccc3c(c1)OCO3)CC2. The van der Waals surface area contributed by atoms with Gasteiger partial charge in [0.05, 0.1) is 12.3 Å². The maximum atomic E-state index is 12.3. The fraction of sp³-hybridized carbons (Fsp3) is 0.381. The van der Waals surface area contributed by atoms with Gasteiger partial charge in [-0.15, -0.1) is 10.2 Å². The van der Waals surface area contributed by atoms with E-state index in [1.54, 1.807) is 12.1 Å². The van der Waals surface area contributed by atoms with Gasteiger partial charge >= 0.3 is 0 Å². The lowest BCUT2D eigenvalue weighted by Crippen LogP contribution is -2.30. The van der Waals surface area contributed by atoms with E-state index in [1.165, 1.54) is 11.8 Å². The predicted molar refractivity (Wildman–Crippen MR) is 106 cm³/mol. The van der Waals surface area contributed by atoms with E-state index >= 15 is 0 Å². The number of ether oxygens (including phenoxy) is 2. The highest BCUT2D eigenvalue weighted by atomic mass is 16.7. The van der Waals surface area contributed by atoms with Gasteiger partial charge in [0.15, 0.2) is 23.1 Å². The summed E-state index contributed by atoms with van der Waals surface area (Å²) in [7, 11) is 0. The van der Waals surface area contributed by atoms with Crippen molar-refractivity contribution in [2.24, 2.45) is 0 Å². The molecule has 2 aliphatic heterocycles. The van der Waals surface area contributed by atoms with E-state index < -0.39 is 0 Å². The minimum atomic E-state index is -0.274. The Bertz CT molecular complexity index is 1050. The Balaban J connectivity index is 1.24. The Kier molecular flexibility index (Phi) is 4.88. The lowest BCUT2D eigenvalue weighted by atomic mass is 10.2. The quantitative estimate of drug-likeness (QED) is 0.690. The van der Waals surface area contributed by atoms with Crippen LogP contribution in [0.3, 0.4) is 0 Å². The zero-order valence-corrected chi connectivity index (χ0v) is 16.7. The van der Waals surface area contributed by atoms with Crippen molar-refractivity contribution in [2.75, 3.05) is 19.9 Å². The molecule has 1 amide bonds. The Hall–Kier alpha value is -3.33. The van der Waals surface area contributed by atoms with Gasteiger partial charge < -0.3 is 23.8 Å². The Morgan fingerprint density at radius 3 is 2.93 bits per heavy atom. The lowest BCUT2D eigenvalue weighted by Gasteiger charge is -2.20. The second-order valence-electron chi connectivity index (χ2n) is 7.51. The van der Waals surface area contributed by atoms with E-state index in [9.17, 15) is 4.79 Å². The third kappa shape index (κ3) is 3.63. The molecule has 0 saturated heterocycles. The maximum Gasteiger partial charge on any atom is 0.287 e. The van der Waals surface area contributed by atoms with Crippen molar-refractivity contribution in [1.29, 1.82) is 0 Å². The molecule has 156 valence electrons. The molecule has 9 nitrogen and oxygen atoms in total. The van der Waals surface area contributed by atoms with Gasteiger partial charge in [0, 0.05) is 32.6 Å². The van der Waals surface area contributed by atoms with Crippen LogP contribution in [0.1, 0.15) is 40.7 Å². The molecule has 4 heterocycles. The number of carbonyl (C=O) groups excluding carboxylic acids is 1. The first-order valence-electron chi connectivity index (χ1n) is 10.0. The minimum Gasteiger partial charge on any atom is -0.459 e. The van der Waals surface area contributed by atoms with Crippen LogP contribution in [0.15, 0.2) is 41.0 Å². The Morgan fingerprint density at radius 2 is 2.07 bits per heavy atom. The molecule has 2 aromatic heterocycles. The summed E-state index contributed by atoms with van der Waals surface area (Å²) in [4.78, 5) is 14.7. The molecule has 1 aromatic carbocycles. The average Bonchev–Trinajstić information content (AvgIpc) is 3.48. The summed E-state index contributed by atoms with van der Waals surface area (Å²) in [6.07, 6.45) is 2.29. The number of hydrogen-bond donors (Lipinski definition) is 1. The smallest absolute Gasteiger partial charge is 0.287 e. The topological polar surface area (TPSA) is 94.7 Å². The Labute approximate surface area is 173 Å². The van der Waals surface area contributed by atoms with E-state index in [-0.39, 0.29) is 24.5 Å². The van der Waals surface area contributed by atoms with Crippen LogP contribution >= 0.6 is 0 Å². The van der Waals surface area contributed by atoms with Gasteiger partial charge in [0.25, 0.3) is 5.91 Å². The van der Waals surface area contributed by atoms with E-state index in [0.717, 1.165) is 55.7 Å². The Morgan fingerprint density at radius 1 is 1.17 bits per heavy atom. The van der Waals surface area contributed by atoms with E-state index in [0.29, 0.717) is 0 Å². The number of aromatic nitrogens is 3. The molecule has 5 rings (SSSR count). The summed E-state index contributed by atoms with van der Waals surface area (Å²) in [5.74, 6) is 3.33. The van der Waals surface area contributed by atoms with Crippen LogP contribution in [0.25, 0.3) is 0 Å². The standard InChI is InChI=1S/C21H23N5O4/c1-14(22-21(27)17-3-2-10-28-17)20-24-23-19-6-7-25(8-9-26(19)20)12-15-4-5-16-18(11-15)30-13-29-16/h2-5,10-11,14H,6-9,12-13H2,1H3,(H,22,27)/t14-/m1/s1.